The number of nitrogens with one attached hydrogen (secondary N) is 1. The fourth-order valence-corrected chi connectivity index (χ4v) is 2.81. The predicted octanol–water partition coefficient (Wildman–Crippen LogP) is 2.96. The van der Waals surface area contributed by atoms with E-state index >= 15 is 0 Å². The zero-order valence-corrected chi connectivity index (χ0v) is 15.2. The Hall–Kier alpha value is -2.63. The standard InChI is InChI=1S/C19H25N3O3/c1-12(2)11-22-14(4)17(13(3)21-22)10-18(23)20-16-7-5-6-15(8-16)9-19(24)25/h5-8,12H,9-11H2,1-4H3,(H,20,23)(H,24,25). The molecule has 1 aromatic carbocycles. The average molecular weight is 343 g/mol. The van der Waals surface area contributed by atoms with Crippen molar-refractivity contribution in [1.82, 2.24) is 9.78 Å². The largest absolute Gasteiger partial charge is 0.481 e. The molecule has 0 aliphatic rings. The number of rotatable bonds is 7. The van der Waals surface area contributed by atoms with Crippen molar-refractivity contribution in [2.75, 3.05) is 5.32 Å². The van der Waals surface area contributed by atoms with Gasteiger partial charge in [-0.25, -0.2) is 0 Å². The lowest BCUT2D eigenvalue weighted by molar-refractivity contribution is -0.136. The fourth-order valence-electron chi connectivity index (χ4n) is 2.81. The van der Waals surface area contributed by atoms with Crippen LogP contribution in [0.25, 0.3) is 0 Å². The maximum Gasteiger partial charge on any atom is 0.307 e. The second kappa shape index (κ2) is 7.96. The van der Waals surface area contributed by atoms with E-state index in [9.17, 15) is 9.59 Å². The average Bonchev–Trinajstić information content (AvgIpc) is 2.74. The number of amides is 1. The number of aromatic nitrogens is 2. The van der Waals surface area contributed by atoms with Gasteiger partial charge in [-0.1, -0.05) is 26.0 Å². The summed E-state index contributed by atoms with van der Waals surface area (Å²) < 4.78 is 1.95. The van der Waals surface area contributed by atoms with Crippen LogP contribution < -0.4 is 5.32 Å². The van der Waals surface area contributed by atoms with Crippen molar-refractivity contribution in [2.45, 2.75) is 47.1 Å². The number of hydrogen-bond acceptors (Lipinski definition) is 3. The Balaban J connectivity index is 2.08. The van der Waals surface area contributed by atoms with Crippen LogP contribution in [-0.2, 0) is 29.0 Å². The van der Waals surface area contributed by atoms with E-state index in [1.165, 1.54) is 0 Å². The molecule has 6 nitrogen and oxygen atoms in total. The number of carbonyl (C=O) groups excluding carboxylic acids is 1. The Morgan fingerprint density at radius 3 is 2.60 bits per heavy atom. The van der Waals surface area contributed by atoms with Gasteiger partial charge in [0.25, 0.3) is 0 Å². The van der Waals surface area contributed by atoms with Gasteiger partial charge in [0, 0.05) is 23.5 Å². The first kappa shape index (κ1) is 18.7. The second-order valence-corrected chi connectivity index (χ2v) is 6.72. The van der Waals surface area contributed by atoms with Gasteiger partial charge in [-0.15, -0.1) is 0 Å². The highest BCUT2D eigenvalue weighted by atomic mass is 16.4. The number of carboxylic acids is 1. The lowest BCUT2D eigenvalue weighted by Crippen LogP contribution is -2.16. The third-order valence-corrected chi connectivity index (χ3v) is 3.97. The monoisotopic (exact) mass is 343 g/mol. The van der Waals surface area contributed by atoms with Crippen molar-refractivity contribution in [3.63, 3.8) is 0 Å². The third kappa shape index (κ3) is 5.17. The Morgan fingerprint density at radius 1 is 1.24 bits per heavy atom. The highest BCUT2D eigenvalue weighted by Gasteiger charge is 2.16. The van der Waals surface area contributed by atoms with Crippen molar-refractivity contribution >= 4 is 17.6 Å². The van der Waals surface area contributed by atoms with Gasteiger partial charge in [-0.05, 0) is 37.5 Å². The third-order valence-electron chi connectivity index (χ3n) is 3.97. The highest BCUT2D eigenvalue weighted by molar-refractivity contribution is 5.92. The summed E-state index contributed by atoms with van der Waals surface area (Å²) in [5, 5.41) is 16.2. The maximum atomic E-state index is 12.4. The molecule has 0 saturated heterocycles. The predicted molar refractivity (Wildman–Crippen MR) is 96.7 cm³/mol. The number of hydrogen-bond donors (Lipinski definition) is 2. The van der Waals surface area contributed by atoms with E-state index in [0.717, 1.165) is 23.5 Å². The molecule has 6 heteroatoms. The molecular weight excluding hydrogens is 318 g/mol. The van der Waals surface area contributed by atoms with Gasteiger partial charge < -0.3 is 10.4 Å². The zero-order chi connectivity index (χ0) is 18.6. The summed E-state index contributed by atoms with van der Waals surface area (Å²) in [6, 6.07) is 6.91. The van der Waals surface area contributed by atoms with Gasteiger partial charge in [0.05, 0.1) is 18.5 Å². The topological polar surface area (TPSA) is 84.2 Å². The first-order chi connectivity index (χ1) is 11.8. The van der Waals surface area contributed by atoms with E-state index in [-0.39, 0.29) is 18.7 Å². The molecule has 2 N–H and O–H groups in total. The van der Waals surface area contributed by atoms with Gasteiger partial charge in [-0.2, -0.15) is 5.10 Å². The lowest BCUT2D eigenvalue weighted by atomic mass is 10.1. The van der Waals surface area contributed by atoms with Crippen LogP contribution in [0.2, 0.25) is 0 Å². The lowest BCUT2D eigenvalue weighted by Gasteiger charge is -2.09. The summed E-state index contributed by atoms with van der Waals surface area (Å²) in [6.07, 6.45) is 0.183. The van der Waals surface area contributed by atoms with E-state index in [1.54, 1.807) is 24.3 Å². The van der Waals surface area contributed by atoms with Crippen LogP contribution >= 0.6 is 0 Å². The molecule has 1 amide bonds. The van der Waals surface area contributed by atoms with Crippen molar-refractivity contribution in [3.8, 4) is 0 Å². The molecule has 0 spiro atoms. The minimum Gasteiger partial charge on any atom is -0.481 e. The van der Waals surface area contributed by atoms with Crippen molar-refractivity contribution in [3.05, 3.63) is 46.8 Å². The molecule has 0 atom stereocenters. The summed E-state index contributed by atoms with van der Waals surface area (Å²) >= 11 is 0. The van der Waals surface area contributed by atoms with Gasteiger partial charge in [-0.3, -0.25) is 14.3 Å². The molecule has 0 saturated carbocycles. The summed E-state index contributed by atoms with van der Waals surface area (Å²) in [5.74, 6) is -0.549. The molecule has 134 valence electrons. The van der Waals surface area contributed by atoms with Crippen LogP contribution in [0.5, 0.6) is 0 Å². The number of aliphatic carboxylic acids is 1. The summed E-state index contributed by atoms with van der Waals surface area (Å²) in [4.78, 5) is 23.2. The van der Waals surface area contributed by atoms with Gasteiger partial charge >= 0.3 is 5.97 Å². The Morgan fingerprint density at radius 2 is 1.96 bits per heavy atom. The molecular formula is C19H25N3O3. The molecule has 1 heterocycles. The van der Waals surface area contributed by atoms with E-state index in [0.29, 0.717) is 17.2 Å². The smallest absolute Gasteiger partial charge is 0.307 e. The first-order valence-electron chi connectivity index (χ1n) is 8.39. The van der Waals surface area contributed by atoms with E-state index in [4.69, 9.17) is 5.11 Å². The summed E-state index contributed by atoms with van der Waals surface area (Å²) in [7, 11) is 0. The van der Waals surface area contributed by atoms with E-state index < -0.39 is 5.97 Å². The number of anilines is 1. The molecule has 0 radical (unpaired) electrons. The normalized spacial score (nSPS) is 10.9. The SMILES string of the molecule is Cc1nn(CC(C)C)c(C)c1CC(=O)Nc1cccc(CC(=O)O)c1. The molecule has 25 heavy (non-hydrogen) atoms. The Labute approximate surface area is 147 Å². The molecule has 0 aliphatic heterocycles. The summed E-state index contributed by atoms with van der Waals surface area (Å²) in [5.41, 5.74) is 4.09. The Bertz CT molecular complexity index is 778. The molecule has 0 unspecified atom stereocenters. The van der Waals surface area contributed by atoms with Crippen molar-refractivity contribution in [1.29, 1.82) is 0 Å². The number of aryl methyl sites for hydroxylation is 1. The van der Waals surface area contributed by atoms with E-state index in [1.807, 2.05) is 18.5 Å². The quantitative estimate of drug-likeness (QED) is 0.809. The minimum atomic E-state index is -0.896. The number of carbonyl (C=O) groups is 2. The maximum absolute atomic E-state index is 12.4. The number of nitrogens with zero attached hydrogens (tertiary/aromatic N) is 2. The molecule has 0 bridgehead atoms. The van der Waals surface area contributed by atoms with Gasteiger partial charge in [0.2, 0.25) is 5.91 Å². The molecule has 0 fully saturated rings. The molecule has 2 rings (SSSR count). The van der Waals surface area contributed by atoms with Gasteiger partial charge in [0.15, 0.2) is 0 Å². The minimum absolute atomic E-state index is 0.0656. The van der Waals surface area contributed by atoms with Gasteiger partial charge in [0.1, 0.15) is 0 Å². The zero-order valence-electron chi connectivity index (χ0n) is 15.2. The van der Waals surface area contributed by atoms with E-state index in [2.05, 4.69) is 24.3 Å². The molecule has 2 aromatic rings. The van der Waals surface area contributed by atoms with Crippen LogP contribution in [-0.4, -0.2) is 26.8 Å². The number of benzene rings is 1. The van der Waals surface area contributed by atoms with Crippen LogP contribution in [0.3, 0.4) is 0 Å². The van der Waals surface area contributed by atoms with Crippen LogP contribution in [0, 0.1) is 19.8 Å². The van der Waals surface area contributed by atoms with Crippen LogP contribution in [0.4, 0.5) is 5.69 Å². The fraction of sp³-hybridized carbons (Fsp3) is 0.421. The Kier molecular flexibility index (Phi) is 5.96. The highest BCUT2D eigenvalue weighted by Crippen LogP contribution is 2.17. The first-order valence-corrected chi connectivity index (χ1v) is 8.39. The number of carboxylic acid groups (broad SMARTS) is 1. The van der Waals surface area contributed by atoms with Crippen molar-refractivity contribution < 1.29 is 14.7 Å². The van der Waals surface area contributed by atoms with Crippen LogP contribution in [0.15, 0.2) is 24.3 Å². The van der Waals surface area contributed by atoms with Crippen LogP contribution in [0.1, 0.15) is 36.4 Å². The molecule has 1 aromatic heterocycles. The molecule has 0 aliphatic carbocycles. The second-order valence-electron chi connectivity index (χ2n) is 6.72. The summed E-state index contributed by atoms with van der Waals surface area (Å²) in [6.45, 7) is 8.99. The van der Waals surface area contributed by atoms with Crippen molar-refractivity contribution in [2.24, 2.45) is 5.92 Å².